The van der Waals surface area contributed by atoms with Crippen molar-refractivity contribution in [1.29, 1.82) is 0 Å². The van der Waals surface area contributed by atoms with Crippen LogP contribution in [0.4, 0.5) is 10.1 Å². The van der Waals surface area contributed by atoms with E-state index in [0.717, 1.165) is 11.1 Å². The number of thiophene rings is 1. The molecule has 2 aromatic rings. The van der Waals surface area contributed by atoms with E-state index < -0.39 is 5.82 Å². The molecule has 0 fully saturated rings. The third-order valence-electron chi connectivity index (χ3n) is 2.62. The van der Waals surface area contributed by atoms with E-state index >= 15 is 0 Å². The van der Waals surface area contributed by atoms with Crippen LogP contribution >= 0.6 is 38.9 Å². The molecule has 1 aromatic carbocycles. The molecule has 0 aliphatic carbocycles. The number of carbonyl (C=O) groups excluding carboxylic acids is 1. The van der Waals surface area contributed by atoms with Gasteiger partial charge in [-0.25, -0.2) is 4.39 Å². The van der Waals surface area contributed by atoms with Crippen molar-refractivity contribution in [2.45, 2.75) is 13.8 Å². The normalized spacial score (nSPS) is 10.6. The molecule has 0 aliphatic heterocycles. The van der Waals surface area contributed by atoms with Gasteiger partial charge in [-0.2, -0.15) is 0 Å². The molecule has 0 radical (unpaired) electrons. The van der Waals surface area contributed by atoms with E-state index in [1.54, 1.807) is 13.0 Å². The van der Waals surface area contributed by atoms with Crippen LogP contribution in [-0.2, 0) is 0 Å². The van der Waals surface area contributed by atoms with Gasteiger partial charge in [0.2, 0.25) is 0 Å². The summed E-state index contributed by atoms with van der Waals surface area (Å²) in [4.78, 5) is 12.5. The minimum atomic E-state index is -0.422. The number of carbonyl (C=O) groups is 1. The molecule has 0 saturated carbocycles. The van der Waals surface area contributed by atoms with E-state index in [1.165, 1.54) is 17.4 Å². The van der Waals surface area contributed by atoms with Crippen LogP contribution in [0, 0.1) is 19.7 Å². The number of aryl methyl sites for hydroxylation is 2. The summed E-state index contributed by atoms with van der Waals surface area (Å²) in [5, 5.41) is 4.93. The van der Waals surface area contributed by atoms with Gasteiger partial charge in [-0.15, -0.1) is 11.3 Å². The minimum absolute atomic E-state index is 0.326. The average molecular weight is 363 g/mol. The number of benzene rings is 1. The summed E-state index contributed by atoms with van der Waals surface area (Å²) in [5.41, 5.74) is 2.06. The summed E-state index contributed by atoms with van der Waals surface area (Å²) in [5.74, 6) is -0.748. The zero-order valence-corrected chi connectivity index (χ0v) is 13.3. The van der Waals surface area contributed by atoms with Gasteiger partial charge in [0.1, 0.15) is 10.7 Å². The highest BCUT2D eigenvalue weighted by molar-refractivity contribution is 9.10. The lowest BCUT2D eigenvalue weighted by Gasteiger charge is -2.09. The molecule has 2 nitrogen and oxygen atoms in total. The third-order valence-corrected chi connectivity index (χ3v) is 4.92. The van der Waals surface area contributed by atoms with Gasteiger partial charge >= 0.3 is 0 Å². The average Bonchev–Trinajstić information content (AvgIpc) is 2.67. The topological polar surface area (TPSA) is 29.1 Å². The molecule has 0 aliphatic rings. The molecule has 1 N–H and O–H groups in total. The Kier molecular flexibility index (Phi) is 4.28. The van der Waals surface area contributed by atoms with Crippen molar-refractivity contribution >= 4 is 50.5 Å². The maximum absolute atomic E-state index is 13.5. The van der Waals surface area contributed by atoms with Gasteiger partial charge in [0.25, 0.3) is 5.91 Å². The molecule has 0 spiro atoms. The highest BCUT2D eigenvalue weighted by Crippen LogP contribution is 2.29. The largest absolute Gasteiger partial charge is 0.321 e. The zero-order chi connectivity index (χ0) is 14.2. The van der Waals surface area contributed by atoms with Crippen LogP contribution in [0.1, 0.15) is 20.8 Å². The van der Waals surface area contributed by atoms with Crippen molar-refractivity contribution in [3.05, 3.63) is 48.8 Å². The fraction of sp³-hybridized carbons (Fsp3) is 0.154. The Morgan fingerprint density at radius 2 is 2.05 bits per heavy atom. The summed E-state index contributed by atoms with van der Waals surface area (Å²) >= 11 is 10.4. The van der Waals surface area contributed by atoms with Crippen molar-refractivity contribution in [3.8, 4) is 0 Å². The second kappa shape index (κ2) is 5.61. The zero-order valence-electron chi connectivity index (χ0n) is 10.2. The Morgan fingerprint density at radius 1 is 1.37 bits per heavy atom. The molecule has 100 valence electrons. The quantitative estimate of drug-likeness (QED) is 0.784. The number of halogens is 3. The summed E-state index contributed by atoms with van der Waals surface area (Å²) in [7, 11) is 0. The van der Waals surface area contributed by atoms with Gasteiger partial charge in [0.05, 0.1) is 9.50 Å². The van der Waals surface area contributed by atoms with Crippen molar-refractivity contribution in [2.24, 2.45) is 0 Å². The first-order chi connectivity index (χ1) is 8.90. The predicted molar refractivity (Wildman–Crippen MR) is 80.9 cm³/mol. The summed E-state index contributed by atoms with van der Waals surface area (Å²) in [6.45, 7) is 3.63. The lowest BCUT2D eigenvalue weighted by molar-refractivity contribution is 0.103. The fourth-order valence-corrected chi connectivity index (χ4v) is 3.17. The summed E-state index contributed by atoms with van der Waals surface area (Å²) in [6.07, 6.45) is 0. The molecule has 19 heavy (non-hydrogen) atoms. The van der Waals surface area contributed by atoms with Gasteiger partial charge in [0, 0.05) is 5.69 Å². The van der Waals surface area contributed by atoms with Gasteiger partial charge in [-0.3, -0.25) is 4.79 Å². The Hall–Kier alpha value is -0.910. The standard InChI is InChI=1S/C13H10BrClFNOS/c1-6-3-8(14)9(16)4-10(6)17-13(18)12-11(15)7(2)5-19-12/h3-5H,1-2H3,(H,17,18). The molecular weight excluding hydrogens is 353 g/mol. The molecular formula is C13H10BrClFNOS. The Labute approximate surface area is 127 Å². The summed E-state index contributed by atoms with van der Waals surface area (Å²) in [6, 6.07) is 2.90. The molecule has 0 saturated heterocycles. The molecule has 1 heterocycles. The van der Waals surface area contributed by atoms with Gasteiger partial charge in [-0.05, 0) is 58.4 Å². The molecule has 0 unspecified atom stereocenters. The molecule has 1 amide bonds. The molecule has 1 aromatic heterocycles. The monoisotopic (exact) mass is 361 g/mol. The van der Waals surface area contributed by atoms with E-state index in [0.29, 0.717) is 20.1 Å². The molecule has 2 rings (SSSR count). The van der Waals surface area contributed by atoms with Crippen LogP contribution in [-0.4, -0.2) is 5.91 Å². The Morgan fingerprint density at radius 3 is 2.63 bits per heavy atom. The molecule has 6 heteroatoms. The summed E-state index contributed by atoms with van der Waals surface area (Å²) < 4.78 is 13.8. The molecule has 0 bridgehead atoms. The van der Waals surface area contributed by atoms with Crippen LogP contribution < -0.4 is 5.32 Å². The second-order valence-electron chi connectivity index (χ2n) is 4.10. The van der Waals surface area contributed by atoms with Crippen LogP contribution in [0.2, 0.25) is 5.02 Å². The number of hydrogen-bond acceptors (Lipinski definition) is 2. The number of rotatable bonds is 2. The van der Waals surface area contributed by atoms with E-state index in [-0.39, 0.29) is 5.91 Å². The first-order valence-corrected chi connectivity index (χ1v) is 7.45. The second-order valence-corrected chi connectivity index (χ2v) is 6.21. The van der Waals surface area contributed by atoms with Crippen LogP contribution in [0.25, 0.3) is 0 Å². The van der Waals surface area contributed by atoms with E-state index in [9.17, 15) is 9.18 Å². The van der Waals surface area contributed by atoms with Crippen molar-refractivity contribution < 1.29 is 9.18 Å². The number of hydrogen-bond donors (Lipinski definition) is 1. The van der Waals surface area contributed by atoms with Crippen LogP contribution in [0.15, 0.2) is 22.0 Å². The number of amides is 1. The van der Waals surface area contributed by atoms with Crippen molar-refractivity contribution in [3.63, 3.8) is 0 Å². The van der Waals surface area contributed by atoms with E-state index in [4.69, 9.17) is 11.6 Å². The fourth-order valence-electron chi connectivity index (χ4n) is 1.54. The van der Waals surface area contributed by atoms with E-state index in [2.05, 4.69) is 21.2 Å². The maximum atomic E-state index is 13.5. The predicted octanol–water partition coefficient (Wildman–Crippen LogP) is 5.17. The maximum Gasteiger partial charge on any atom is 0.267 e. The van der Waals surface area contributed by atoms with Gasteiger partial charge in [0.15, 0.2) is 0 Å². The third kappa shape index (κ3) is 2.99. The number of anilines is 1. The molecule has 0 atom stereocenters. The lowest BCUT2D eigenvalue weighted by atomic mass is 10.2. The van der Waals surface area contributed by atoms with Crippen molar-refractivity contribution in [2.75, 3.05) is 5.32 Å². The first kappa shape index (κ1) is 14.5. The Bertz CT molecular complexity index is 656. The van der Waals surface area contributed by atoms with Gasteiger partial charge < -0.3 is 5.32 Å². The Balaban J connectivity index is 2.29. The lowest BCUT2D eigenvalue weighted by Crippen LogP contribution is -2.12. The SMILES string of the molecule is Cc1cc(Br)c(F)cc1NC(=O)c1scc(C)c1Cl. The van der Waals surface area contributed by atoms with Gasteiger partial charge in [-0.1, -0.05) is 11.6 Å². The van der Waals surface area contributed by atoms with Crippen LogP contribution in [0.3, 0.4) is 0 Å². The smallest absolute Gasteiger partial charge is 0.267 e. The van der Waals surface area contributed by atoms with Crippen LogP contribution in [0.5, 0.6) is 0 Å². The highest BCUT2D eigenvalue weighted by Gasteiger charge is 2.16. The highest BCUT2D eigenvalue weighted by atomic mass is 79.9. The van der Waals surface area contributed by atoms with Crippen molar-refractivity contribution in [1.82, 2.24) is 0 Å². The first-order valence-electron chi connectivity index (χ1n) is 5.40. The number of nitrogens with one attached hydrogen (secondary N) is 1. The minimum Gasteiger partial charge on any atom is -0.321 e. The van der Waals surface area contributed by atoms with E-state index in [1.807, 2.05) is 12.3 Å².